The zero-order valence-electron chi connectivity index (χ0n) is 11.2. The predicted molar refractivity (Wildman–Crippen MR) is 66.4 cm³/mol. The van der Waals surface area contributed by atoms with Crippen LogP contribution in [0.1, 0.15) is 33.6 Å². The minimum Gasteiger partial charge on any atom is -0.481 e. The van der Waals surface area contributed by atoms with Gasteiger partial charge in [0.25, 0.3) is 0 Å². The molecule has 0 aromatic heterocycles. The van der Waals surface area contributed by atoms with Gasteiger partial charge >= 0.3 is 12.0 Å². The van der Waals surface area contributed by atoms with E-state index in [2.05, 4.69) is 5.32 Å². The molecule has 3 unspecified atom stereocenters. The van der Waals surface area contributed by atoms with E-state index in [1.54, 1.807) is 11.8 Å². The molecule has 104 valence electrons. The van der Waals surface area contributed by atoms with Gasteiger partial charge in [0.05, 0.1) is 18.6 Å². The van der Waals surface area contributed by atoms with Gasteiger partial charge in [0, 0.05) is 19.2 Å². The lowest BCUT2D eigenvalue weighted by atomic mass is 10.1. The Balaban J connectivity index is 2.53. The van der Waals surface area contributed by atoms with Gasteiger partial charge < -0.3 is 20.1 Å². The van der Waals surface area contributed by atoms with Crippen LogP contribution in [0.3, 0.4) is 0 Å². The summed E-state index contributed by atoms with van der Waals surface area (Å²) in [5.74, 6) is -0.897. The monoisotopic (exact) mass is 258 g/mol. The average Bonchev–Trinajstić information content (AvgIpc) is 2.64. The largest absolute Gasteiger partial charge is 0.481 e. The van der Waals surface area contributed by atoms with Crippen molar-refractivity contribution >= 4 is 12.0 Å². The molecule has 6 heteroatoms. The molecule has 0 saturated carbocycles. The summed E-state index contributed by atoms with van der Waals surface area (Å²) < 4.78 is 5.38. The molecule has 1 saturated heterocycles. The van der Waals surface area contributed by atoms with E-state index in [0.29, 0.717) is 13.2 Å². The Morgan fingerprint density at radius 2 is 2.22 bits per heavy atom. The first-order valence-corrected chi connectivity index (χ1v) is 6.36. The second-order valence-electron chi connectivity index (χ2n) is 4.65. The van der Waals surface area contributed by atoms with Gasteiger partial charge in [0.1, 0.15) is 0 Å². The quantitative estimate of drug-likeness (QED) is 0.772. The minimum absolute atomic E-state index is 0.0161. The van der Waals surface area contributed by atoms with Crippen molar-refractivity contribution in [1.29, 1.82) is 0 Å². The molecule has 0 radical (unpaired) electrons. The van der Waals surface area contributed by atoms with Gasteiger partial charge in [-0.25, -0.2) is 4.79 Å². The lowest BCUT2D eigenvalue weighted by molar-refractivity contribution is -0.138. The third-order valence-electron chi connectivity index (χ3n) is 3.29. The molecule has 1 rings (SSSR count). The molecule has 2 amide bonds. The molecular formula is C12H22N2O4. The zero-order valence-corrected chi connectivity index (χ0v) is 11.2. The summed E-state index contributed by atoms with van der Waals surface area (Å²) in [4.78, 5) is 24.3. The maximum atomic E-state index is 12.1. The smallest absolute Gasteiger partial charge is 0.317 e. The van der Waals surface area contributed by atoms with Crippen molar-refractivity contribution < 1.29 is 19.4 Å². The van der Waals surface area contributed by atoms with Gasteiger partial charge in [-0.05, 0) is 27.2 Å². The second-order valence-corrected chi connectivity index (χ2v) is 4.65. The highest BCUT2D eigenvalue weighted by Gasteiger charge is 2.28. The Labute approximate surface area is 107 Å². The maximum absolute atomic E-state index is 12.1. The number of aliphatic carboxylic acids is 1. The molecule has 0 aromatic carbocycles. The molecule has 0 bridgehead atoms. The number of nitrogens with one attached hydrogen (secondary N) is 1. The molecule has 1 heterocycles. The van der Waals surface area contributed by atoms with E-state index in [9.17, 15) is 9.59 Å². The number of carboxylic acids is 1. The van der Waals surface area contributed by atoms with Crippen LogP contribution in [0, 0.1) is 0 Å². The summed E-state index contributed by atoms with van der Waals surface area (Å²) in [5.41, 5.74) is 0. The highest BCUT2D eigenvalue weighted by molar-refractivity contribution is 5.76. The van der Waals surface area contributed by atoms with Crippen LogP contribution in [0.4, 0.5) is 4.79 Å². The van der Waals surface area contributed by atoms with Gasteiger partial charge in [0.2, 0.25) is 0 Å². The number of rotatable bonds is 5. The minimum atomic E-state index is -0.897. The fourth-order valence-electron chi connectivity index (χ4n) is 2.18. The predicted octanol–water partition coefficient (Wildman–Crippen LogP) is 1.06. The van der Waals surface area contributed by atoms with Crippen molar-refractivity contribution in [1.82, 2.24) is 10.2 Å². The van der Waals surface area contributed by atoms with Gasteiger partial charge in [0.15, 0.2) is 0 Å². The SMILES string of the molecule is CCN(C(=O)NC1CCOC1C)C(C)CC(=O)O. The fraction of sp³-hybridized carbons (Fsp3) is 0.833. The molecule has 1 fully saturated rings. The van der Waals surface area contributed by atoms with E-state index < -0.39 is 5.97 Å². The first kappa shape index (κ1) is 14.8. The molecule has 0 aliphatic carbocycles. The van der Waals surface area contributed by atoms with Gasteiger partial charge in [-0.3, -0.25) is 4.79 Å². The van der Waals surface area contributed by atoms with E-state index in [1.807, 2.05) is 13.8 Å². The number of nitrogens with zero attached hydrogens (tertiary/aromatic N) is 1. The summed E-state index contributed by atoms with van der Waals surface area (Å²) in [5, 5.41) is 11.7. The van der Waals surface area contributed by atoms with Crippen molar-refractivity contribution in [2.75, 3.05) is 13.2 Å². The van der Waals surface area contributed by atoms with Crippen LogP contribution >= 0.6 is 0 Å². The Hall–Kier alpha value is -1.30. The Bertz CT molecular complexity index is 308. The summed E-state index contributed by atoms with van der Waals surface area (Å²) >= 11 is 0. The van der Waals surface area contributed by atoms with Gasteiger partial charge in [-0.1, -0.05) is 0 Å². The Kier molecular flexibility index (Phi) is 5.40. The molecule has 18 heavy (non-hydrogen) atoms. The van der Waals surface area contributed by atoms with E-state index in [4.69, 9.17) is 9.84 Å². The van der Waals surface area contributed by atoms with Crippen molar-refractivity contribution in [3.8, 4) is 0 Å². The number of carbonyl (C=O) groups is 2. The van der Waals surface area contributed by atoms with Crippen LogP contribution in [0.5, 0.6) is 0 Å². The second kappa shape index (κ2) is 6.58. The summed E-state index contributed by atoms with van der Waals surface area (Å²) in [6.07, 6.45) is 0.776. The number of hydrogen-bond acceptors (Lipinski definition) is 3. The van der Waals surface area contributed by atoms with Crippen molar-refractivity contribution in [2.45, 2.75) is 51.8 Å². The first-order valence-electron chi connectivity index (χ1n) is 6.36. The van der Waals surface area contributed by atoms with Crippen LogP contribution < -0.4 is 5.32 Å². The third-order valence-corrected chi connectivity index (χ3v) is 3.29. The molecule has 2 N–H and O–H groups in total. The number of hydrogen-bond donors (Lipinski definition) is 2. The highest BCUT2D eigenvalue weighted by Crippen LogP contribution is 2.13. The molecular weight excluding hydrogens is 236 g/mol. The molecule has 3 atom stereocenters. The van der Waals surface area contributed by atoms with Crippen LogP contribution in [0.25, 0.3) is 0 Å². The first-order chi connectivity index (χ1) is 8.45. The normalized spacial score (nSPS) is 24.6. The van der Waals surface area contributed by atoms with E-state index >= 15 is 0 Å². The molecule has 1 aliphatic rings. The summed E-state index contributed by atoms with van der Waals surface area (Å²) in [6, 6.07) is -0.512. The van der Waals surface area contributed by atoms with Crippen LogP contribution in [-0.2, 0) is 9.53 Å². The molecule has 0 spiro atoms. The Morgan fingerprint density at radius 3 is 2.67 bits per heavy atom. The number of amides is 2. The van der Waals surface area contributed by atoms with Gasteiger partial charge in [-0.15, -0.1) is 0 Å². The number of carboxylic acid groups (broad SMARTS) is 1. The van der Waals surface area contributed by atoms with Crippen LogP contribution in [-0.4, -0.2) is 53.3 Å². The van der Waals surface area contributed by atoms with E-state index in [1.165, 1.54) is 0 Å². The maximum Gasteiger partial charge on any atom is 0.317 e. The molecule has 1 aliphatic heterocycles. The lowest BCUT2D eigenvalue weighted by Gasteiger charge is -2.29. The lowest BCUT2D eigenvalue weighted by Crippen LogP contribution is -2.50. The van der Waals surface area contributed by atoms with Crippen LogP contribution in [0.15, 0.2) is 0 Å². The van der Waals surface area contributed by atoms with Crippen molar-refractivity contribution in [3.63, 3.8) is 0 Å². The van der Waals surface area contributed by atoms with Crippen molar-refractivity contribution in [2.24, 2.45) is 0 Å². The standard InChI is InChI=1S/C12H22N2O4/c1-4-14(8(2)7-11(15)16)12(17)13-10-5-6-18-9(10)3/h8-10H,4-7H2,1-3H3,(H,13,17)(H,15,16). The molecule has 6 nitrogen and oxygen atoms in total. The number of ether oxygens (including phenoxy) is 1. The summed E-state index contributed by atoms with van der Waals surface area (Å²) in [6.45, 7) is 6.65. The van der Waals surface area contributed by atoms with E-state index in [0.717, 1.165) is 6.42 Å². The fourth-order valence-corrected chi connectivity index (χ4v) is 2.18. The van der Waals surface area contributed by atoms with Crippen LogP contribution in [0.2, 0.25) is 0 Å². The zero-order chi connectivity index (χ0) is 13.7. The Morgan fingerprint density at radius 1 is 1.56 bits per heavy atom. The molecule has 0 aromatic rings. The van der Waals surface area contributed by atoms with E-state index in [-0.39, 0.29) is 30.6 Å². The third kappa shape index (κ3) is 3.87. The van der Waals surface area contributed by atoms with Crippen molar-refractivity contribution in [3.05, 3.63) is 0 Å². The summed E-state index contributed by atoms with van der Waals surface area (Å²) in [7, 11) is 0. The van der Waals surface area contributed by atoms with Gasteiger partial charge in [-0.2, -0.15) is 0 Å². The highest BCUT2D eigenvalue weighted by atomic mass is 16.5. The topological polar surface area (TPSA) is 78.9 Å². The average molecular weight is 258 g/mol. The number of carbonyl (C=O) groups excluding carboxylic acids is 1. The number of urea groups is 1.